The van der Waals surface area contributed by atoms with Crippen LogP contribution in [0.4, 0.5) is 5.69 Å². The van der Waals surface area contributed by atoms with Crippen LogP contribution in [0.15, 0.2) is 48.5 Å². The predicted molar refractivity (Wildman–Crippen MR) is 102 cm³/mol. The third-order valence-corrected chi connectivity index (χ3v) is 3.95. The van der Waals surface area contributed by atoms with E-state index in [2.05, 4.69) is 30.8 Å². The highest BCUT2D eigenvalue weighted by molar-refractivity contribution is 5.96. The SMILES string of the molecule is COC(=O)c1cccc(NC(=O)[C@H](C)Oc2ccc(C(C)(C)C)cc2)c1. The Hall–Kier alpha value is -2.82. The standard InChI is InChI=1S/C21H25NO4/c1-14(26-18-11-9-16(10-12-18)21(2,3)4)19(23)22-17-8-6-7-15(13-17)20(24)25-5/h6-14H,1-5H3,(H,22,23)/t14-/m0/s1. The quantitative estimate of drug-likeness (QED) is 0.817. The number of methoxy groups -OCH3 is 1. The molecule has 1 amide bonds. The van der Waals surface area contributed by atoms with E-state index in [1.54, 1.807) is 31.2 Å². The molecule has 0 saturated heterocycles. The van der Waals surface area contributed by atoms with E-state index in [0.29, 0.717) is 17.0 Å². The van der Waals surface area contributed by atoms with Gasteiger partial charge >= 0.3 is 5.97 Å². The summed E-state index contributed by atoms with van der Waals surface area (Å²) in [5.74, 6) is -0.125. The van der Waals surface area contributed by atoms with Crippen LogP contribution in [0, 0.1) is 0 Å². The average Bonchev–Trinajstić information content (AvgIpc) is 2.60. The summed E-state index contributed by atoms with van der Waals surface area (Å²) in [5, 5.41) is 2.75. The molecule has 26 heavy (non-hydrogen) atoms. The maximum atomic E-state index is 12.3. The largest absolute Gasteiger partial charge is 0.481 e. The first kappa shape index (κ1) is 19.5. The smallest absolute Gasteiger partial charge is 0.337 e. The Bertz CT molecular complexity index is 775. The Morgan fingerprint density at radius 2 is 1.69 bits per heavy atom. The van der Waals surface area contributed by atoms with E-state index in [1.165, 1.54) is 12.7 Å². The van der Waals surface area contributed by atoms with Crippen molar-refractivity contribution in [1.82, 2.24) is 0 Å². The molecule has 0 aliphatic carbocycles. The summed E-state index contributed by atoms with van der Waals surface area (Å²) in [6, 6.07) is 14.3. The first-order chi connectivity index (χ1) is 12.2. The van der Waals surface area contributed by atoms with Crippen molar-refractivity contribution in [3.8, 4) is 5.75 Å². The molecule has 0 aliphatic rings. The fourth-order valence-electron chi connectivity index (χ4n) is 2.38. The highest BCUT2D eigenvalue weighted by atomic mass is 16.5. The lowest BCUT2D eigenvalue weighted by atomic mass is 9.87. The number of esters is 1. The van der Waals surface area contributed by atoms with E-state index in [1.807, 2.05) is 24.3 Å². The second kappa shape index (κ2) is 8.04. The van der Waals surface area contributed by atoms with E-state index < -0.39 is 12.1 Å². The van der Waals surface area contributed by atoms with Gasteiger partial charge in [-0.25, -0.2) is 4.79 Å². The summed E-state index contributed by atoms with van der Waals surface area (Å²) < 4.78 is 10.4. The van der Waals surface area contributed by atoms with Gasteiger partial charge in [0.25, 0.3) is 5.91 Å². The minimum absolute atomic E-state index is 0.0617. The molecule has 2 rings (SSSR count). The van der Waals surface area contributed by atoms with Crippen molar-refractivity contribution < 1.29 is 19.1 Å². The number of ether oxygens (including phenoxy) is 2. The lowest BCUT2D eigenvalue weighted by molar-refractivity contribution is -0.122. The molecule has 2 aromatic carbocycles. The van der Waals surface area contributed by atoms with Crippen LogP contribution in [0.25, 0.3) is 0 Å². The van der Waals surface area contributed by atoms with Crippen LogP contribution in [-0.4, -0.2) is 25.1 Å². The first-order valence-corrected chi connectivity index (χ1v) is 8.47. The molecule has 138 valence electrons. The number of benzene rings is 2. The molecule has 0 spiro atoms. The van der Waals surface area contributed by atoms with Crippen molar-refractivity contribution in [2.24, 2.45) is 0 Å². The number of carbonyl (C=O) groups is 2. The van der Waals surface area contributed by atoms with Gasteiger partial charge in [0.1, 0.15) is 5.75 Å². The molecule has 0 heterocycles. The predicted octanol–water partition coefficient (Wildman–Crippen LogP) is 4.18. The molecule has 0 saturated carbocycles. The minimum atomic E-state index is -0.683. The number of amides is 1. The van der Waals surface area contributed by atoms with Crippen molar-refractivity contribution in [1.29, 1.82) is 0 Å². The molecule has 5 nitrogen and oxygen atoms in total. The number of anilines is 1. The van der Waals surface area contributed by atoms with Crippen LogP contribution in [0.2, 0.25) is 0 Å². The molecule has 5 heteroatoms. The maximum absolute atomic E-state index is 12.3. The van der Waals surface area contributed by atoms with Gasteiger partial charge in [0.15, 0.2) is 6.10 Å². The van der Waals surface area contributed by atoms with E-state index in [0.717, 1.165) is 0 Å². The monoisotopic (exact) mass is 355 g/mol. The Morgan fingerprint density at radius 1 is 1.04 bits per heavy atom. The zero-order chi connectivity index (χ0) is 19.3. The lowest BCUT2D eigenvalue weighted by Gasteiger charge is -2.20. The lowest BCUT2D eigenvalue weighted by Crippen LogP contribution is -2.30. The molecule has 0 fully saturated rings. The molecular weight excluding hydrogens is 330 g/mol. The fourth-order valence-corrected chi connectivity index (χ4v) is 2.38. The van der Waals surface area contributed by atoms with Crippen LogP contribution in [-0.2, 0) is 14.9 Å². The second-order valence-corrected chi connectivity index (χ2v) is 7.10. The van der Waals surface area contributed by atoms with E-state index in [4.69, 9.17) is 4.74 Å². The fraction of sp³-hybridized carbons (Fsp3) is 0.333. The number of nitrogens with one attached hydrogen (secondary N) is 1. The molecule has 0 unspecified atom stereocenters. The van der Waals surface area contributed by atoms with Crippen molar-refractivity contribution >= 4 is 17.6 Å². The summed E-state index contributed by atoms with van der Waals surface area (Å²) >= 11 is 0. The molecule has 0 aromatic heterocycles. The Balaban J connectivity index is 2.00. The van der Waals surface area contributed by atoms with Gasteiger partial charge in [-0.1, -0.05) is 39.0 Å². The zero-order valence-electron chi connectivity index (χ0n) is 15.8. The Morgan fingerprint density at radius 3 is 2.27 bits per heavy atom. The second-order valence-electron chi connectivity index (χ2n) is 7.10. The van der Waals surface area contributed by atoms with Crippen LogP contribution in [0.1, 0.15) is 43.6 Å². The molecule has 1 atom stereocenters. The molecule has 1 N–H and O–H groups in total. The molecule has 0 radical (unpaired) electrons. The molecule has 0 bridgehead atoms. The van der Waals surface area contributed by atoms with Crippen LogP contribution < -0.4 is 10.1 Å². The molecule has 2 aromatic rings. The average molecular weight is 355 g/mol. The first-order valence-electron chi connectivity index (χ1n) is 8.47. The third-order valence-electron chi connectivity index (χ3n) is 3.95. The maximum Gasteiger partial charge on any atom is 0.337 e. The van der Waals surface area contributed by atoms with Crippen molar-refractivity contribution in [2.75, 3.05) is 12.4 Å². The van der Waals surface area contributed by atoms with Crippen molar-refractivity contribution in [3.63, 3.8) is 0 Å². The van der Waals surface area contributed by atoms with Gasteiger partial charge in [0.05, 0.1) is 12.7 Å². The number of rotatable bonds is 5. The highest BCUT2D eigenvalue weighted by Gasteiger charge is 2.17. The van der Waals surface area contributed by atoms with Gasteiger partial charge in [-0.15, -0.1) is 0 Å². The van der Waals surface area contributed by atoms with Crippen LogP contribution in [0.5, 0.6) is 5.75 Å². The highest BCUT2D eigenvalue weighted by Crippen LogP contribution is 2.24. The van der Waals surface area contributed by atoms with Gasteiger partial charge in [-0.3, -0.25) is 4.79 Å². The van der Waals surface area contributed by atoms with Gasteiger partial charge in [-0.2, -0.15) is 0 Å². The normalized spacial score (nSPS) is 12.2. The van der Waals surface area contributed by atoms with Gasteiger partial charge < -0.3 is 14.8 Å². The number of hydrogen-bond donors (Lipinski definition) is 1. The Labute approximate surface area is 154 Å². The van der Waals surface area contributed by atoms with Gasteiger partial charge in [0, 0.05) is 5.69 Å². The number of carbonyl (C=O) groups excluding carboxylic acids is 2. The van der Waals surface area contributed by atoms with Gasteiger partial charge in [0.2, 0.25) is 0 Å². The van der Waals surface area contributed by atoms with Gasteiger partial charge in [-0.05, 0) is 48.2 Å². The molecular formula is C21H25NO4. The minimum Gasteiger partial charge on any atom is -0.481 e. The topological polar surface area (TPSA) is 64.6 Å². The summed E-state index contributed by atoms with van der Waals surface area (Å²) in [6.07, 6.45) is -0.683. The van der Waals surface area contributed by atoms with Crippen molar-refractivity contribution in [2.45, 2.75) is 39.2 Å². The van der Waals surface area contributed by atoms with Crippen LogP contribution >= 0.6 is 0 Å². The van der Waals surface area contributed by atoms with E-state index in [9.17, 15) is 9.59 Å². The zero-order valence-corrected chi connectivity index (χ0v) is 15.8. The number of hydrogen-bond acceptors (Lipinski definition) is 4. The summed E-state index contributed by atoms with van der Waals surface area (Å²) in [4.78, 5) is 23.9. The summed E-state index contributed by atoms with van der Waals surface area (Å²) in [7, 11) is 1.31. The van der Waals surface area contributed by atoms with Crippen LogP contribution in [0.3, 0.4) is 0 Å². The van der Waals surface area contributed by atoms with E-state index in [-0.39, 0.29) is 11.3 Å². The van der Waals surface area contributed by atoms with Crippen molar-refractivity contribution in [3.05, 3.63) is 59.7 Å². The summed E-state index contributed by atoms with van der Waals surface area (Å²) in [6.45, 7) is 8.10. The molecule has 0 aliphatic heterocycles. The van der Waals surface area contributed by atoms with E-state index >= 15 is 0 Å². The Kier molecular flexibility index (Phi) is 6.03. The third kappa shape index (κ3) is 5.09. The summed E-state index contributed by atoms with van der Waals surface area (Å²) in [5.41, 5.74) is 2.14.